The van der Waals surface area contributed by atoms with Gasteiger partial charge in [-0.1, -0.05) is 29.6 Å². The molecule has 4 nitrogen and oxygen atoms in total. The number of rotatable bonds is 3. The topological polar surface area (TPSA) is 34.0 Å². The molecule has 6 heteroatoms. The third kappa shape index (κ3) is 2.41. The van der Waals surface area contributed by atoms with Crippen molar-refractivity contribution in [2.75, 3.05) is 5.12 Å². The fourth-order valence-corrected chi connectivity index (χ4v) is 2.73. The molecule has 1 aromatic heterocycles. The zero-order valence-corrected chi connectivity index (χ0v) is 11.9. The lowest BCUT2D eigenvalue weighted by Crippen LogP contribution is -2.29. The van der Waals surface area contributed by atoms with Crippen LogP contribution in [0.5, 0.6) is 0 Å². The molecule has 1 aliphatic heterocycles. The third-order valence-corrected chi connectivity index (χ3v) is 3.67. The Hall–Kier alpha value is -2.24. The van der Waals surface area contributed by atoms with Crippen LogP contribution in [0.15, 0.2) is 42.4 Å². The Bertz CT molecular complexity index is 664. The van der Waals surface area contributed by atoms with Crippen LogP contribution < -0.4 is 5.12 Å². The number of nitrogens with zero attached hydrogens (tertiary/aromatic N) is 4. The minimum atomic E-state index is -0.351. The second-order valence-electron chi connectivity index (χ2n) is 5.46. The summed E-state index contributed by atoms with van der Waals surface area (Å²) in [5.41, 5.74) is 1.54. The van der Waals surface area contributed by atoms with Gasteiger partial charge in [-0.25, -0.2) is 9.07 Å². The fourth-order valence-electron chi connectivity index (χ4n) is 2.73. The maximum absolute atomic E-state index is 14.8. The van der Waals surface area contributed by atoms with Gasteiger partial charge in [0.2, 0.25) is 0 Å². The monoisotopic (exact) mass is 290 g/mol. The Kier molecular flexibility index (Phi) is 3.45. The normalized spacial score (nSPS) is 15.9. The van der Waals surface area contributed by atoms with Gasteiger partial charge in [-0.2, -0.15) is 5.12 Å². The molecule has 0 radical (unpaired) electrons. The number of aromatic nitrogens is 3. The summed E-state index contributed by atoms with van der Waals surface area (Å²) in [6, 6.07) is 3.86. The van der Waals surface area contributed by atoms with Crippen molar-refractivity contribution in [1.82, 2.24) is 15.0 Å². The summed E-state index contributed by atoms with van der Waals surface area (Å²) in [5.74, 6) is -0.214. The van der Waals surface area contributed by atoms with E-state index in [0.717, 1.165) is 0 Å². The lowest BCUT2D eigenvalue weighted by Gasteiger charge is -2.31. The molecule has 1 atom stereocenters. The molecule has 110 valence electrons. The van der Waals surface area contributed by atoms with Crippen LogP contribution in [0.2, 0.25) is 0 Å². The van der Waals surface area contributed by atoms with E-state index >= 15 is 0 Å². The first kappa shape index (κ1) is 13.7. The fraction of sp³-hybridized carbons (Fsp3) is 0.333. The quantitative estimate of drug-likeness (QED) is 0.812. The maximum atomic E-state index is 14.8. The zero-order valence-electron chi connectivity index (χ0n) is 11.9. The highest BCUT2D eigenvalue weighted by atomic mass is 19.2. The third-order valence-electron chi connectivity index (χ3n) is 3.67. The van der Waals surface area contributed by atoms with Crippen molar-refractivity contribution >= 4 is 5.69 Å². The van der Waals surface area contributed by atoms with Crippen LogP contribution in [0, 0.1) is 11.7 Å². The Morgan fingerprint density at radius 3 is 2.76 bits per heavy atom. The van der Waals surface area contributed by atoms with Crippen molar-refractivity contribution in [3.8, 4) is 0 Å². The number of hydrogen-bond acceptors (Lipinski definition) is 3. The summed E-state index contributed by atoms with van der Waals surface area (Å²) in [6.07, 6.45) is 5.58. The van der Waals surface area contributed by atoms with E-state index in [0.29, 0.717) is 28.5 Å². The van der Waals surface area contributed by atoms with Crippen LogP contribution >= 0.6 is 0 Å². The second-order valence-corrected chi connectivity index (χ2v) is 5.46. The van der Waals surface area contributed by atoms with Crippen molar-refractivity contribution < 1.29 is 8.87 Å². The summed E-state index contributed by atoms with van der Waals surface area (Å²) in [7, 11) is 0. The summed E-state index contributed by atoms with van der Waals surface area (Å²) in [5, 5.41) is 8.42. The first-order chi connectivity index (χ1) is 10.1. The Balaban J connectivity index is 2.00. The predicted octanol–water partition coefficient (Wildman–Crippen LogP) is 3.45. The Morgan fingerprint density at radius 1 is 1.29 bits per heavy atom. The van der Waals surface area contributed by atoms with Crippen LogP contribution in [0.1, 0.15) is 25.5 Å². The SMILES string of the molecule is CC(C)C(C1=CCc2cc(F)ccc2N1F)n1ccnn1. The molecule has 0 bridgehead atoms. The Morgan fingerprint density at radius 2 is 2.10 bits per heavy atom. The Labute approximate surface area is 121 Å². The van der Waals surface area contributed by atoms with Gasteiger partial charge in [-0.3, -0.25) is 0 Å². The van der Waals surface area contributed by atoms with Gasteiger partial charge in [-0.15, -0.1) is 5.10 Å². The van der Waals surface area contributed by atoms with E-state index in [9.17, 15) is 8.87 Å². The number of benzene rings is 1. The number of anilines is 1. The van der Waals surface area contributed by atoms with E-state index in [4.69, 9.17) is 0 Å². The van der Waals surface area contributed by atoms with Crippen LogP contribution in [0.3, 0.4) is 0 Å². The molecule has 0 amide bonds. The lowest BCUT2D eigenvalue weighted by atomic mass is 9.95. The van der Waals surface area contributed by atoms with Crippen LogP contribution in [0.25, 0.3) is 0 Å². The highest BCUT2D eigenvalue weighted by molar-refractivity contribution is 5.59. The summed E-state index contributed by atoms with van der Waals surface area (Å²) in [4.78, 5) is 0. The first-order valence-corrected chi connectivity index (χ1v) is 6.88. The average Bonchev–Trinajstić information content (AvgIpc) is 2.95. The minimum Gasteiger partial charge on any atom is -0.243 e. The standard InChI is InChI=1S/C15H16F2N4/c1-10(2)15(20-8-7-18-19-20)14-5-3-11-9-12(16)4-6-13(11)21(14)17/h4-10,15H,3H2,1-2H3. The number of halogens is 2. The molecule has 21 heavy (non-hydrogen) atoms. The highest BCUT2D eigenvalue weighted by Crippen LogP contribution is 2.37. The van der Waals surface area contributed by atoms with Crippen molar-refractivity contribution in [2.24, 2.45) is 5.92 Å². The van der Waals surface area contributed by atoms with Crippen molar-refractivity contribution in [2.45, 2.75) is 26.3 Å². The van der Waals surface area contributed by atoms with E-state index in [-0.39, 0.29) is 17.8 Å². The van der Waals surface area contributed by atoms with Crippen LogP contribution in [-0.4, -0.2) is 15.0 Å². The molecular formula is C15H16F2N4. The molecule has 1 aliphatic rings. The molecule has 0 spiro atoms. The van der Waals surface area contributed by atoms with Crippen molar-refractivity contribution in [3.63, 3.8) is 0 Å². The van der Waals surface area contributed by atoms with E-state index < -0.39 is 0 Å². The molecule has 2 heterocycles. The smallest absolute Gasteiger partial charge is 0.123 e. The zero-order chi connectivity index (χ0) is 15.0. The molecule has 0 fully saturated rings. The largest absolute Gasteiger partial charge is 0.243 e. The molecule has 0 saturated heterocycles. The van der Waals surface area contributed by atoms with Crippen LogP contribution in [0.4, 0.5) is 14.6 Å². The minimum absolute atomic E-state index is 0.137. The van der Waals surface area contributed by atoms with Gasteiger partial charge in [0.25, 0.3) is 0 Å². The van der Waals surface area contributed by atoms with E-state index in [1.54, 1.807) is 23.2 Å². The van der Waals surface area contributed by atoms with Gasteiger partial charge in [0, 0.05) is 6.20 Å². The molecule has 1 aromatic carbocycles. The van der Waals surface area contributed by atoms with E-state index in [1.165, 1.54) is 18.2 Å². The van der Waals surface area contributed by atoms with Gasteiger partial charge in [0.15, 0.2) is 0 Å². The van der Waals surface area contributed by atoms with Crippen molar-refractivity contribution in [3.05, 3.63) is 53.7 Å². The average molecular weight is 290 g/mol. The summed E-state index contributed by atoms with van der Waals surface area (Å²) < 4.78 is 29.7. The van der Waals surface area contributed by atoms with E-state index in [1.807, 2.05) is 13.8 Å². The molecule has 0 aliphatic carbocycles. The summed E-state index contributed by atoms with van der Waals surface area (Å²) in [6.45, 7) is 4.00. The summed E-state index contributed by atoms with van der Waals surface area (Å²) >= 11 is 0. The predicted molar refractivity (Wildman–Crippen MR) is 75.7 cm³/mol. The van der Waals surface area contributed by atoms with Gasteiger partial charge in [-0.05, 0) is 36.1 Å². The number of fused-ring (bicyclic) bond motifs is 1. The molecule has 2 aromatic rings. The molecule has 0 N–H and O–H groups in total. The van der Waals surface area contributed by atoms with Gasteiger partial charge in [0.1, 0.15) is 5.82 Å². The van der Waals surface area contributed by atoms with Gasteiger partial charge < -0.3 is 0 Å². The van der Waals surface area contributed by atoms with Crippen molar-refractivity contribution in [1.29, 1.82) is 0 Å². The second kappa shape index (κ2) is 5.27. The molecule has 1 unspecified atom stereocenters. The van der Waals surface area contributed by atoms with E-state index in [2.05, 4.69) is 10.3 Å². The maximum Gasteiger partial charge on any atom is 0.123 e. The number of allylic oxidation sites excluding steroid dienone is 2. The molecule has 3 rings (SSSR count). The first-order valence-electron chi connectivity index (χ1n) is 6.88. The van der Waals surface area contributed by atoms with Gasteiger partial charge >= 0.3 is 0 Å². The molecular weight excluding hydrogens is 274 g/mol. The lowest BCUT2D eigenvalue weighted by molar-refractivity contribution is 0.340. The van der Waals surface area contributed by atoms with Crippen LogP contribution in [-0.2, 0) is 6.42 Å². The molecule has 0 saturated carbocycles. The highest BCUT2D eigenvalue weighted by Gasteiger charge is 2.30. The van der Waals surface area contributed by atoms with Gasteiger partial charge in [0.05, 0.1) is 23.6 Å². The number of hydrogen-bond donors (Lipinski definition) is 0.